The standard InChI is InChI=1S/C120H86O2/c1-85-77-105(63-57-97(85)51-45-91-29-13-7-14-30-91)119(106-64-58-98(86(2)78-106)52-46-92-31-15-8-16-32-92,107-65-59-99(87(3)79-107)53-47-93-33-17-9-18-34-93)103-69-73-111(74-70-103)121-83-117-113-41-25-27-43-115(113)118(116-44-28-26-42-114(116)117)84-122-112-75-71-104(72-76-112)120(108-66-60-100(88(4)80-108)54-48-94-35-19-10-20-36-94,109-67-61-101(89(5)81-109)55-49-95-37-21-11-22-38-95)110-68-62-102(90(6)82-110)56-50-96-39-23-12-24-40-96/h7-44,57-82H,83-84H2,1-6H3. The molecule has 0 radical (unpaired) electrons. The Balaban J connectivity index is 0.728. The predicted molar refractivity (Wildman–Crippen MR) is 503 cm³/mol. The third-order valence-corrected chi connectivity index (χ3v) is 23.1. The highest BCUT2D eigenvalue weighted by molar-refractivity contribution is 6.06. The Kier molecular flexibility index (Phi) is 23.2. The van der Waals surface area contributed by atoms with Gasteiger partial charge in [0.1, 0.15) is 24.7 Å². The Morgan fingerprint density at radius 2 is 0.352 bits per heavy atom. The van der Waals surface area contributed by atoms with Gasteiger partial charge in [0.2, 0.25) is 0 Å². The minimum absolute atomic E-state index is 0.311. The Morgan fingerprint density at radius 3 is 0.533 bits per heavy atom. The van der Waals surface area contributed by atoms with Crippen LogP contribution in [0.1, 0.15) is 156 Å². The molecule has 0 aliphatic carbocycles. The summed E-state index contributed by atoms with van der Waals surface area (Å²) < 4.78 is 14.2. The van der Waals surface area contributed by atoms with Gasteiger partial charge in [0.25, 0.3) is 0 Å². The largest absolute Gasteiger partial charge is 0.489 e. The molecule has 2 nitrogen and oxygen atoms in total. The fourth-order valence-electron chi connectivity index (χ4n) is 16.7. The van der Waals surface area contributed by atoms with Crippen molar-refractivity contribution in [3.63, 3.8) is 0 Å². The monoisotopic (exact) mass is 1560 g/mol. The second-order valence-electron chi connectivity index (χ2n) is 31.0. The normalized spacial score (nSPS) is 10.9. The van der Waals surface area contributed by atoms with E-state index in [4.69, 9.17) is 9.47 Å². The molecule has 17 rings (SSSR count). The van der Waals surface area contributed by atoms with E-state index in [1.54, 1.807) is 0 Å². The zero-order valence-corrected chi connectivity index (χ0v) is 69.2. The number of fused-ring (bicyclic) bond motifs is 2. The quantitative estimate of drug-likeness (QED) is 0.0614. The number of hydrogen-bond donors (Lipinski definition) is 0. The maximum absolute atomic E-state index is 7.12. The molecule has 0 bridgehead atoms. The minimum atomic E-state index is -0.861. The maximum Gasteiger partial charge on any atom is 0.119 e. The van der Waals surface area contributed by atoms with Gasteiger partial charge in [0.15, 0.2) is 0 Å². The molecule has 122 heavy (non-hydrogen) atoms. The molecule has 0 aromatic heterocycles. The SMILES string of the molecule is Cc1cc(C(c2ccc(OCc3c4ccccc4c(COc4ccc(C(c5ccc(C#Cc6ccccc6)c(C)c5)(c5ccc(C#Cc6ccccc6)c(C)c5)c5ccc(C#Cc6ccccc6)c(C)c5)cc4)c4ccccc34)cc2)(c2ccc(C#Cc3ccccc3)c(C)c2)c2ccc(C#Cc3ccccc3)c(C)c2)ccc1C#Cc1ccccc1. The first kappa shape index (κ1) is 78.7. The minimum Gasteiger partial charge on any atom is -0.489 e. The van der Waals surface area contributed by atoms with Crippen molar-refractivity contribution in [2.24, 2.45) is 0 Å². The Bertz CT molecular complexity index is 6170. The third-order valence-electron chi connectivity index (χ3n) is 23.1. The first-order valence-electron chi connectivity index (χ1n) is 41.4. The van der Waals surface area contributed by atoms with Crippen molar-refractivity contribution in [3.8, 4) is 82.5 Å². The van der Waals surface area contributed by atoms with Crippen molar-refractivity contribution in [2.45, 2.75) is 65.6 Å². The molecular formula is C120H86O2. The third kappa shape index (κ3) is 16.9. The number of aryl methyl sites for hydroxylation is 6. The zero-order valence-electron chi connectivity index (χ0n) is 69.2. The fraction of sp³-hybridized carbons (Fsp3) is 0.0833. The van der Waals surface area contributed by atoms with Gasteiger partial charge in [-0.1, -0.05) is 326 Å². The first-order chi connectivity index (χ1) is 59.9. The van der Waals surface area contributed by atoms with Gasteiger partial charge in [-0.05, 0) is 274 Å². The van der Waals surface area contributed by atoms with E-state index in [0.717, 1.165) is 189 Å². The highest BCUT2D eigenvalue weighted by Crippen LogP contribution is 2.50. The van der Waals surface area contributed by atoms with Crippen LogP contribution in [-0.2, 0) is 24.0 Å². The van der Waals surface area contributed by atoms with Crippen molar-refractivity contribution in [1.82, 2.24) is 0 Å². The topological polar surface area (TPSA) is 18.5 Å². The highest BCUT2D eigenvalue weighted by atomic mass is 16.5. The van der Waals surface area contributed by atoms with Crippen LogP contribution in [0.5, 0.6) is 11.5 Å². The van der Waals surface area contributed by atoms with Crippen molar-refractivity contribution < 1.29 is 9.47 Å². The highest BCUT2D eigenvalue weighted by Gasteiger charge is 2.41. The van der Waals surface area contributed by atoms with Crippen LogP contribution in [0, 0.1) is 113 Å². The molecule has 0 aliphatic heterocycles. The van der Waals surface area contributed by atoms with E-state index in [-0.39, 0.29) is 0 Å². The number of rotatable bonds is 14. The Labute approximate surface area is 718 Å². The van der Waals surface area contributed by atoms with Gasteiger partial charge >= 0.3 is 0 Å². The number of benzene rings is 17. The molecule has 0 amide bonds. The van der Waals surface area contributed by atoms with E-state index >= 15 is 0 Å². The van der Waals surface area contributed by atoms with Crippen LogP contribution in [0.15, 0.2) is 388 Å². The van der Waals surface area contributed by atoms with Crippen LogP contribution < -0.4 is 9.47 Å². The van der Waals surface area contributed by atoms with Crippen molar-refractivity contribution in [3.05, 3.63) is 544 Å². The van der Waals surface area contributed by atoms with E-state index in [1.807, 2.05) is 109 Å². The summed E-state index contributed by atoms with van der Waals surface area (Å²) in [6.45, 7) is 13.6. The lowest BCUT2D eigenvalue weighted by atomic mass is 9.64. The summed E-state index contributed by atoms with van der Waals surface area (Å²) >= 11 is 0. The predicted octanol–water partition coefficient (Wildman–Crippen LogP) is 26.2. The van der Waals surface area contributed by atoms with Crippen LogP contribution >= 0.6 is 0 Å². The molecule has 0 N–H and O–H groups in total. The van der Waals surface area contributed by atoms with E-state index < -0.39 is 10.8 Å². The zero-order chi connectivity index (χ0) is 83.2. The molecule has 0 heterocycles. The summed E-state index contributed by atoms with van der Waals surface area (Å²) in [5.41, 5.74) is 27.1. The lowest BCUT2D eigenvalue weighted by Crippen LogP contribution is -2.31. The number of ether oxygens (including phenoxy) is 2. The molecule has 17 aromatic rings. The Morgan fingerprint density at radius 1 is 0.180 bits per heavy atom. The second kappa shape index (κ2) is 36.0. The van der Waals surface area contributed by atoms with Gasteiger partial charge in [-0.25, -0.2) is 0 Å². The van der Waals surface area contributed by atoms with Crippen molar-refractivity contribution >= 4 is 21.5 Å². The molecule has 0 fully saturated rings. The summed E-state index contributed by atoms with van der Waals surface area (Å²) in [6, 6.07) is 137. The summed E-state index contributed by atoms with van der Waals surface area (Å²) in [6.07, 6.45) is 0. The molecule has 0 spiro atoms. The fourth-order valence-corrected chi connectivity index (χ4v) is 16.7. The van der Waals surface area contributed by atoms with Gasteiger partial charge in [-0.3, -0.25) is 0 Å². The molecule has 0 saturated carbocycles. The average Bonchev–Trinajstić information content (AvgIpc) is 0.729. The molecule has 578 valence electrons. The molecule has 0 aliphatic rings. The van der Waals surface area contributed by atoms with Crippen LogP contribution in [0.2, 0.25) is 0 Å². The summed E-state index contributed by atoms with van der Waals surface area (Å²) in [7, 11) is 0. The van der Waals surface area contributed by atoms with Gasteiger partial charge in [-0.15, -0.1) is 0 Å². The molecular weight excluding hydrogens is 1470 g/mol. The lowest BCUT2D eigenvalue weighted by Gasteiger charge is -2.38. The summed E-state index contributed by atoms with van der Waals surface area (Å²) in [4.78, 5) is 0. The Hall–Kier alpha value is -15.8. The lowest BCUT2D eigenvalue weighted by molar-refractivity contribution is 0.307. The average molecular weight is 1560 g/mol. The van der Waals surface area contributed by atoms with Gasteiger partial charge in [0, 0.05) is 77.9 Å². The van der Waals surface area contributed by atoms with E-state index in [9.17, 15) is 0 Å². The summed E-state index contributed by atoms with van der Waals surface area (Å²) in [5.74, 6) is 43.2. The molecule has 2 heteroatoms. The van der Waals surface area contributed by atoms with Gasteiger partial charge < -0.3 is 9.47 Å². The molecule has 0 saturated heterocycles. The van der Waals surface area contributed by atoms with Gasteiger partial charge in [-0.2, -0.15) is 0 Å². The van der Waals surface area contributed by atoms with E-state index in [2.05, 4.69) is 392 Å². The van der Waals surface area contributed by atoms with Crippen molar-refractivity contribution in [1.29, 1.82) is 0 Å². The second-order valence-corrected chi connectivity index (χ2v) is 31.0. The van der Waals surface area contributed by atoms with Crippen LogP contribution in [-0.4, -0.2) is 0 Å². The number of hydrogen-bond acceptors (Lipinski definition) is 2. The van der Waals surface area contributed by atoms with Crippen molar-refractivity contribution in [2.75, 3.05) is 0 Å². The van der Waals surface area contributed by atoms with Crippen LogP contribution in [0.25, 0.3) is 21.5 Å². The van der Waals surface area contributed by atoms with E-state index in [1.165, 1.54) is 0 Å². The first-order valence-corrected chi connectivity index (χ1v) is 41.4. The molecule has 17 aromatic carbocycles. The van der Waals surface area contributed by atoms with Crippen LogP contribution in [0.4, 0.5) is 0 Å². The van der Waals surface area contributed by atoms with E-state index in [0.29, 0.717) is 13.2 Å². The molecule has 0 atom stereocenters. The van der Waals surface area contributed by atoms with Crippen LogP contribution in [0.3, 0.4) is 0 Å². The van der Waals surface area contributed by atoms with Gasteiger partial charge in [0.05, 0.1) is 10.8 Å². The molecule has 0 unspecified atom stereocenters. The maximum atomic E-state index is 7.12. The smallest absolute Gasteiger partial charge is 0.119 e. The summed E-state index contributed by atoms with van der Waals surface area (Å²) in [5, 5.41) is 4.39.